The molecule has 1 amide bonds. The van der Waals surface area contributed by atoms with Crippen molar-refractivity contribution >= 4 is 5.91 Å². The Morgan fingerprint density at radius 2 is 2.27 bits per heavy atom. The summed E-state index contributed by atoms with van der Waals surface area (Å²) in [6.45, 7) is 4.72. The first-order chi connectivity index (χ1) is 6.94. The minimum Gasteiger partial charge on any atom is -0.394 e. The molecule has 1 fully saturated rings. The molecule has 0 aromatic heterocycles. The Labute approximate surface area is 91.4 Å². The van der Waals surface area contributed by atoms with Crippen molar-refractivity contribution in [1.82, 2.24) is 4.90 Å². The van der Waals surface area contributed by atoms with Crippen molar-refractivity contribution < 1.29 is 9.90 Å². The van der Waals surface area contributed by atoms with Gasteiger partial charge in [-0.3, -0.25) is 4.79 Å². The quantitative estimate of drug-likeness (QED) is 0.715. The van der Waals surface area contributed by atoms with Gasteiger partial charge < -0.3 is 15.7 Å². The molecule has 0 spiro atoms. The van der Waals surface area contributed by atoms with Gasteiger partial charge >= 0.3 is 0 Å². The van der Waals surface area contributed by atoms with Crippen LogP contribution in [0.5, 0.6) is 0 Å². The second-order valence-electron chi connectivity index (χ2n) is 5.05. The van der Waals surface area contributed by atoms with Crippen LogP contribution in [0, 0.1) is 0 Å². The predicted octanol–water partition coefficient (Wildman–Crippen LogP) is 0.487. The molecule has 1 aliphatic rings. The average Bonchev–Trinajstić information content (AvgIpc) is 2.60. The van der Waals surface area contributed by atoms with Gasteiger partial charge in [-0.1, -0.05) is 0 Å². The van der Waals surface area contributed by atoms with E-state index in [9.17, 15) is 4.79 Å². The van der Waals surface area contributed by atoms with Gasteiger partial charge in [0.15, 0.2) is 0 Å². The number of nitrogens with zero attached hydrogens (tertiary/aromatic N) is 1. The number of amides is 1. The highest BCUT2D eigenvalue weighted by atomic mass is 16.3. The predicted molar refractivity (Wildman–Crippen MR) is 59.3 cm³/mol. The lowest BCUT2D eigenvalue weighted by Gasteiger charge is -2.25. The summed E-state index contributed by atoms with van der Waals surface area (Å²) in [5.41, 5.74) is 5.54. The Kier molecular flexibility index (Phi) is 4.11. The first-order valence-corrected chi connectivity index (χ1v) is 5.63. The summed E-state index contributed by atoms with van der Waals surface area (Å²) in [7, 11) is 0. The van der Waals surface area contributed by atoms with Crippen molar-refractivity contribution in [2.24, 2.45) is 5.73 Å². The number of carbonyl (C=O) groups is 1. The molecule has 0 unspecified atom stereocenters. The summed E-state index contributed by atoms with van der Waals surface area (Å²) < 4.78 is 0. The van der Waals surface area contributed by atoms with E-state index in [0.717, 1.165) is 19.4 Å². The van der Waals surface area contributed by atoms with Gasteiger partial charge in [-0.15, -0.1) is 0 Å². The van der Waals surface area contributed by atoms with Gasteiger partial charge in [0.25, 0.3) is 0 Å². The number of likely N-dealkylation sites (tertiary alicyclic amines) is 1. The van der Waals surface area contributed by atoms with E-state index in [1.807, 2.05) is 13.8 Å². The van der Waals surface area contributed by atoms with Crippen LogP contribution in [-0.4, -0.2) is 40.6 Å². The molecular weight excluding hydrogens is 192 g/mol. The molecule has 1 rings (SSSR count). The fourth-order valence-corrected chi connectivity index (χ4v) is 1.93. The molecule has 3 N–H and O–H groups in total. The zero-order valence-corrected chi connectivity index (χ0v) is 9.70. The maximum absolute atomic E-state index is 11.8. The minimum absolute atomic E-state index is 0.0402. The van der Waals surface area contributed by atoms with Crippen molar-refractivity contribution in [3.8, 4) is 0 Å². The summed E-state index contributed by atoms with van der Waals surface area (Å²) in [6.07, 6.45) is 3.11. The van der Waals surface area contributed by atoms with Gasteiger partial charge in [0, 0.05) is 18.5 Å². The number of hydrogen-bond acceptors (Lipinski definition) is 3. The Bertz CT molecular complexity index is 223. The molecule has 88 valence electrons. The van der Waals surface area contributed by atoms with E-state index in [-0.39, 0.29) is 24.1 Å². The Morgan fingerprint density at radius 1 is 1.60 bits per heavy atom. The van der Waals surface area contributed by atoms with Gasteiger partial charge in [0.2, 0.25) is 5.91 Å². The van der Waals surface area contributed by atoms with Crippen LogP contribution in [0.25, 0.3) is 0 Å². The molecule has 4 heteroatoms. The molecule has 0 aromatic carbocycles. The monoisotopic (exact) mass is 214 g/mol. The Balaban J connectivity index is 2.40. The average molecular weight is 214 g/mol. The summed E-state index contributed by atoms with van der Waals surface area (Å²) in [4.78, 5) is 13.6. The van der Waals surface area contributed by atoms with E-state index in [4.69, 9.17) is 10.8 Å². The van der Waals surface area contributed by atoms with Crippen LogP contribution in [0.3, 0.4) is 0 Å². The van der Waals surface area contributed by atoms with Gasteiger partial charge in [-0.2, -0.15) is 0 Å². The van der Waals surface area contributed by atoms with Gasteiger partial charge in [-0.05, 0) is 33.1 Å². The van der Waals surface area contributed by atoms with Crippen LogP contribution in [0.1, 0.15) is 39.5 Å². The van der Waals surface area contributed by atoms with Crippen molar-refractivity contribution in [3.05, 3.63) is 0 Å². The molecule has 4 nitrogen and oxygen atoms in total. The number of hydrogen-bond donors (Lipinski definition) is 2. The summed E-state index contributed by atoms with van der Waals surface area (Å²) in [6, 6.07) is 0.0402. The third kappa shape index (κ3) is 3.80. The molecule has 1 saturated heterocycles. The summed E-state index contributed by atoms with van der Waals surface area (Å²) in [5.74, 6) is 0.130. The van der Waals surface area contributed by atoms with Crippen molar-refractivity contribution in [2.75, 3.05) is 13.2 Å². The topological polar surface area (TPSA) is 66.6 Å². The first-order valence-electron chi connectivity index (χ1n) is 5.63. The van der Waals surface area contributed by atoms with Crippen LogP contribution < -0.4 is 5.73 Å². The second-order valence-corrected chi connectivity index (χ2v) is 5.05. The van der Waals surface area contributed by atoms with E-state index in [1.54, 1.807) is 4.90 Å². The molecule has 0 aliphatic carbocycles. The number of rotatable bonds is 4. The third-order valence-electron chi connectivity index (χ3n) is 2.89. The van der Waals surface area contributed by atoms with E-state index in [0.29, 0.717) is 12.8 Å². The van der Waals surface area contributed by atoms with Crippen LogP contribution in [0.15, 0.2) is 0 Å². The van der Waals surface area contributed by atoms with E-state index < -0.39 is 0 Å². The maximum atomic E-state index is 11.8. The number of aliphatic hydroxyl groups excluding tert-OH is 1. The van der Waals surface area contributed by atoms with Crippen LogP contribution in [0.4, 0.5) is 0 Å². The van der Waals surface area contributed by atoms with Crippen molar-refractivity contribution in [2.45, 2.75) is 51.1 Å². The lowest BCUT2D eigenvalue weighted by atomic mass is 9.99. The smallest absolute Gasteiger partial charge is 0.222 e. The van der Waals surface area contributed by atoms with Crippen molar-refractivity contribution in [1.29, 1.82) is 0 Å². The SMILES string of the molecule is CC(C)(N)CCC(=O)N1CCC[C@@H]1CO. The number of aliphatic hydroxyl groups is 1. The standard InChI is InChI=1S/C11H22N2O2/c1-11(2,12)6-5-10(15)13-7-3-4-9(13)8-14/h9,14H,3-8,12H2,1-2H3/t9-/m1/s1. The zero-order chi connectivity index (χ0) is 11.5. The van der Waals surface area contributed by atoms with E-state index in [2.05, 4.69) is 0 Å². The van der Waals surface area contributed by atoms with E-state index in [1.165, 1.54) is 0 Å². The molecule has 0 saturated carbocycles. The maximum Gasteiger partial charge on any atom is 0.222 e. The molecule has 0 radical (unpaired) electrons. The fraction of sp³-hybridized carbons (Fsp3) is 0.909. The second kappa shape index (κ2) is 4.94. The minimum atomic E-state index is -0.288. The molecule has 15 heavy (non-hydrogen) atoms. The third-order valence-corrected chi connectivity index (χ3v) is 2.89. The highest BCUT2D eigenvalue weighted by molar-refractivity contribution is 5.76. The molecule has 0 bridgehead atoms. The molecule has 1 heterocycles. The van der Waals surface area contributed by atoms with Gasteiger partial charge in [0.05, 0.1) is 12.6 Å². The largest absolute Gasteiger partial charge is 0.394 e. The van der Waals surface area contributed by atoms with E-state index >= 15 is 0 Å². The molecule has 1 aliphatic heterocycles. The molecular formula is C11H22N2O2. The number of nitrogens with two attached hydrogens (primary N) is 1. The Morgan fingerprint density at radius 3 is 2.80 bits per heavy atom. The van der Waals surface area contributed by atoms with Crippen molar-refractivity contribution in [3.63, 3.8) is 0 Å². The van der Waals surface area contributed by atoms with Crippen LogP contribution >= 0.6 is 0 Å². The fourth-order valence-electron chi connectivity index (χ4n) is 1.93. The zero-order valence-electron chi connectivity index (χ0n) is 9.70. The lowest BCUT2D eigenvalue weighted by Crippen LogP contribution is -2.39. The number of carbonyl (C=O) groups excluding carboxylic acids is 1. The highest BCUT2D eigenvalue weighted by Crippen LogP contribution is 2.19. The van der Waals surface area contributed by atoms with Crippen LogP contribution in [-0.2, 0) is 4.79 Å². The first kappa shape index (κ1) is 12.5. The highest BCUT2D eigenvalue weighted by Gasteiger charge is 2.28. The lowest BCUT2D eigenvalue weighted by molar-refractivity contribution is -0.133. The normalized spacial score (nSPS) is 22.1. The van der Waals surface area contributed by atoms with Gasteiger partial charge in [0.1, 0.15) is 0 Å². The summed E-state index contributed by atoms with van der Waals surface area (Å²) >= 11 is 0. The van der Waals surface area contributed by atoms with Crippen LogP contribution in [0.2, 0.25) is 0 Å². The molecule has 0 aromatic rings. The Hall–Kier alpha value is -0.610. The molecule has 1 atom stereocenters. The van der Waals surface area contributed by atoms with Gasteiger partial charge in [-0.25, -0.2) is 0 Å². The summed E-state index contributed by atoms with van der Waals surface area (Å²) in [5, 5.41) is 9.09.